The van der Waals surface area contributed by atoms with Crippen LogP contribution in [0.25, 0.3) is 0 Å². The van der Waals surface area contributed by atoms with Gasteiger partial charge < -0.3 is 120 Å². The summed E-state index contributed by atoms with van der Waals surface area (Å²) in [4.78, 5) is 215. The smallest absolute Gasteiger partial charge is 0.326 e. The van der Waals surface area contributed by atoms with Gasteiger partial charge in [-0.15, -0.1) is 0 Å². The number of aliphatic carboxylic acids is 1. The van der Waals surface area contributed by atoms with Crippen LogP contribution < -0.4 is 115 Å². The van der Waals surface area contributed by atoms with Gasteiger partial charge >= 0.3 is 5.97 Å². The molecule has 0 aromatic carbocycles. The van der Waals surface area contributed by atoms with Gasteiger partial charge in [0, 0.05) is 0 Å². The normalized spacial score (nSPS) is 15.3. The lowest BCUT2D eigenvalue weighted by Gasteiger charge is -2.30. The minimum Gasteiger partial charge on any atom is -0.480 e. The zero-order chi connectivity index (χ0) is 96.8. The highest BCUT2D eigenvalue weighted by Crippen LogP contribution is 2.20. The predicted octanol–water partition coefficient (Wildman–Crippen LogP) is 2.37. The summed E-state index contributed by atoms with van der Waals surface area (Å²) in [5.41, 5.74) is 41.2. The van der Waals surface area contributed by atoms with E-state index in [1.807, 2.05) is 125 Å². The van der Waals surface area contributed by atoms with Crippen molar-refractivity contribution in [2.24, 2.45) is 93.4 Å². The van der Waals surface area contributed by atoms with Crippen LogP contribution in [0.5, 0.6) is 0 Å². The quantitative estimate of drug-likeness (QED) is 0.0389. The van der Waals surface area contributed by atoms with Gasteiger partial charge in [-0.3, -0.25) is 67.1 Å². The second-order valence-corrected chi connectivity index (χ2v) is 38.2. The topological polar surface area (TPSA) is 627 Å². The van der Waals surface area contributed by atoms with Gasteiger partial charge in [0.2, 0.25) is 82.7 Å². The van der Waals surface area contributed by atoms with Crippen LogP contribution in [0, 0.1) is 53.3 Å². The zero-order valence-corrected chi connectivity index (χ0v) is 80.3. The van der Waals surface area contributed by atoms with Crippen LogP contribution in [-0.4, -0.2) is 224 Å². The molecule has 0 aromatic rings. The molecule has 14 amide bonds. The van der Waals surface area contributed by atoms with Gasteiger partial charge in [0.15, 0.2) is 0 Å². The van der Waals surface area contributed by atoms with Crippen molar-refractivity contribution in [1.29, 1.82) is 0 Å². The Labute approximate surface area is 758 Å². The fourth-order valence-electron chi connectivity index (χ4n) is 14.6. The van der Waals surface area contributed by atoms with Gasteiger partial charge in [-0.2, -0.15) is 0 Å². The number of amides is 14. The fourth-order valence-corrected chi connectivity index (χ4v) is 14.6. The summed E-state index contributed by atoms with van der Waals surface area (Å²) in [6.45, 7) is 34.9. The van der Waals surface area contributed by atoms with E-state index in [9.17, 15) is 77.0 Å². The summed E-state index contributed by atoms with van der Waals surface area (Å²) >= 11 is 0. The summed E-state index contributed by atoms with van der Waals surface area (Å²) in [5.74, 6) is -12.8. The highest BCUT2D eigenvalue weighted by molar-refractivity contribution is 6.00. The Balaban J connectivity index is 7.42. The van der Waals surface area contributed by atoms with Crippen LogP contribution in [0.2, 0.25) is 0 Å². The number of hydrogen-bond acceptors (Lipinski definition) is 22. The third-order valence-electron chi connectivity index (χ3n) is 21.2. The molecule has 15 atom stereocenters. The Hall–Kier alpha value is -8.23. The minimum absolute atomic E-state index is 0.0232. The number of hydrogen-bond donors (Lipinski definition) is 22. The molecule has 37 nitrogen and oxygen atoms in total. The van der Waals surface area contributed by atoms with Crippen molar-refractivity contribution in [2.45, 2.75) is 389 Å². The first-order valence-electron chi connectivity index (χ1n) is 47.1. The van der Waals surface area contributed by atoms with E-state index in [-0.39, 0.29) is 169 Å². The molecule has 0 saturated carbocycles. The molecule has 0 saturated heterocycles. The van der Waals surface area contributed by atoms with Gasteiger partial charge in [-0.1, -0.05) is 131 Å². The molecule has 0 unspecified atom stereocenters. The van der Waals surface area contributed by atoms with Gasteiger partial charge in [-0.05, 0) is 259 Å². The number of nitrogens with one attached hydrogen (secondary N) is 14. The average Bonchev–Trinajstić information content (AvgIpc) is 0.855. The van der Waals surface area contributed by atoms with E-state index in [4.69, 9.17) is 40.1 Å². The molecular formula is C90H173N21O16. The maximum absolute atomic E-state index is 14.9. The summed E-state index contributed by atoms with van der Waals surface area (Å²) in [6.07, 6.45) is 7.01. The third kappa shape index (κ3) is 52.3. The molecule has 0 fully saturated rings. The van der Waals surface area contributed by atoms with E-state index in [2.05, 4.69) is 74.4 Å². The van der Waals surface area contributed by atoms with Gasteiger partial charge in [0.05, 0.1) is 6.04 Å². The zero-order valence-electron chi connectivity index (χ0n) is 80.3. The van der Waals surface area contributed by atoms with Crippen LogP contribution in [0.1, 0.15) is 298 Å². The van der Waals surface area contributed by atoms with E-state index in [1.165, 1.54) is 0 Å². The molecule has 0 aromatic heterocycles. The molecule has 37 heteroatoms. The van der Waals surface area contributed by atoms with Gasteiger partial charge in [0.1, 0.15) is 84.6 Å². The van der Waals surface area contributed by atoms with Gasteiger partial charge in [0.25, 0.3) is 0 Å². The lowest BCUT2D eigenvalue weighted by molar-refractivity contribution is -0.142. The lowest BCUT2D eigenvalue weighted by Crippen LogP contribution is -2.61. The molecule has 0 aliphatic carbocycles. The highest BCUT2D eigenvalue weighted by atomic mass is 16.4. The maximum Gasteiger partial charge on any atom is 0.326 e. The molecule has 0 radical (unpaired) electrons. The molecule has 0 aliphatic heterocycles. The monoisotopic (exact) mass is 1800 g/mol. The standard InChI is InChI=1S/C90H173N21O16/c1-52(2)43-67(103-76(112)61(97)31-19-25-37-91)85(121)111-75(51-60(17)18)89(125)109-70(46-55(7)8)83(119)101-64(34-22-28-40-94)79(115)105-73(49-58(13)14)87(123)107-68(44-53(3)4)81(117)99-62(32-20-26-38-92)77(113)98-63(33-21-27-39-93)78(114)104-72(48-57(11)12)86(122)108-69(45-54(5)6)82(118)100-65(35-23-29-41-95)80(116)106-74(50-59(15)16)88(124)110-71(47-56(9)10)84(120)102-66(90(126)127)36-24-30-42-96/h52-75H,19-51,91-97H2,1-18H3,(H,98,113)(H,99,117)(H,100,118)(H,101,119)(H,102,120)(H,103,112)(H,104,114)(H,105,115)(H,106,116)(H,107,123)(H,108,122)(H,109,125)(H,110,124)(H,111,121)(H,126,127)/t61-,62+,63+,64-,65-,66-,67-,68-,69-,70-,71-,72-,73+,74+,75+/m0/s1. The van der Waals surface area contributed by atoms with Crippen molar-refractivity contribution in [3.05, 3.63) is 0 Å². The van der Waals surface area contributed by atoms with E-state index < -0.39 is 179 Å². The van der Waals surface area contributed by atoms with E-state index in [0.29, 0.717) is 96.6 Å². The predicted molar refractivity (Wildman–Crippen MR) is 495 cm³/mol. The van der Waals surface area contributed by atoms with E-state index in [1.54, 1.807) is 0 Å². The molecule has 0 spiro atoms. The Morgan fingerprint density at radius 1 is 0.181 bits per heavy atom. The number of carbonyl (C=O) groups excluding carboxylic acids is 14. The van der Waals surface area contributed by atoms with Crippen molar-refractivity contribution < 1.29 is 77.0 Å². The molecular weight excluding hydrogens is 1630 g/mol. The van der Waals surface area contributed by atoms with Crippen molar-refractivity contribution in [3.63, 3.8) is 0 Å². The van der Waals surface area contributed by atoms with E-state index in [0.717, 1.165) is 0 Å². The molecule has 734 valence electrons. The number of unbranched alkanes of at least 4 members (excludes halogenated alkanes) is 6. The third-order valence-corrected chi connectivity index (χ3v) is 21.2. The SMILES string of the molecule is CC(C)C[C@H](NC(=O)[C@H](CC(C)C)NC(=O)[C@@H](CCCCN)NC(=O)[C@@H](CCCCN)NC(=O)[C@H](CC(C)C)NC(=O)[C@@H](CC(C)C)NC(=O)[C@H](CCCCN)NC(=O)[C@H](CC(C)C)NC(=O)[C@@H](CC(C)C)NC(=O)[C@H](CC(C)C)NC(=O)[C@@H](N)CCCCN)C(=O)N[C@@H](CCCCN)C(=O)N[C@H](CC(C)C)C(=O)N[C@@H](CC(C)C)C(=O)N[C@@H](CCCCN)C(=O)O. The molecule has 0 bridgehead atoms. The van der Waals surface area contributed by atoms with Crippen LogP contribution >= 0.6 is 0 Å². The van der Waals surface area contributed by atoms with E-state index >= 15 is 0 Å². The highest BCUT2D eigenvalue weighted by Gasteiger charge is 2.40. The summed E-state index contributed by atoms with van der Waals surface area (Å²) in [5, 5.41) is 49.2. The Bertz CT molecular complexity index is 3280. The number of nitrogens with two attached hydrogens (primary N) is 7. The van der Waals surface area contributed by atoms with Crippen LogP contribution in [0.3, 0.4) is 0 Å². The first-order chi connectivity index (χ1) is 59.7. The van der Waals surface area contributed by atoms with Crippen LogP contribution in [-0.2, 0) is 71.9 Å². The molecule has 0 heterocycles. The molecule has 0 rings (SSSR count). The van der Waals surface area contributed by atoms with Gasteiger partial charge in [-0.25, -0.2) is 4.79 Å². The number of carboxylic acids is 1. The average molecular weight is 1810 g/mol. The first kappa shape index (κ1) is 119. The number of carbonyl (C=O) groups is 15. The molecule has 127 heavy (non-hydrogen) atoms. The fraction of sp³-hybridized carbons (Fsp3) is 0.833. The van der Waals surface area contributed by atoms with Crippen molar-refractivity contribution in [2.75, 3.05) is 39.3 Å². The minimum atomic E-state index is -1.33. The molecule has 29 N–H and O–H groups in total. The summed E-state index contributed by atoms with van der Waals surface area (Å²) < 4.78 is 0. The Morgan fingerprint density at radius 3 is 0.441 bits per heavy atom. The second kappa shape index (κ2) is 66.2. The van der Waals surface area contributed by atoms with Crippen molar-refractivity contribution in [3.8, 4) is 0 Å². The van der Waals surface area contributed by atoms with Crippen molar-refractivity contribution >= 4 is 88.7 Å². The Kier molecular flexibility index (Phi) is 61.9. The van der Waals surface area contributed by atoms with Crippen molar-refractivity contribution in [1.82, 2.24) is 74.4 Å². The lowest BCUT2D eigenvalue weighted by atomic mass is 9.98. The number of carboxylic acid groups (broad SMARTS) is 1. The Morgan fingerprint density at radius 2 is 0.299 bits per heavy atom. The summed E-state index contributed by atoms with van der Waals surface area (Å²) in [6, 6.07) is -18.3. The van der Waals surface area contributed by atoms with Crippen LogP contribution in [0.15, 0.2) is 0 Å². The largest absolute Gasteiger partial charge is 0.480 e. The first-order valence-corrected chi connectivity index (χ1v) is 47.1. The maximum atomic E-state index is 14.9. The second-order valence-electron chi connectivity index (χ2n) is 38.2. The number of rotatable bonds is 71. The molecule has 0 aliphatic rings. The van der Waals surface area contributed by atoms with Crippen LogP contribution in [0.4, 0.5) is 0 Å². The summed E-state index contributed by atoms with van der Waals surface area (Å²) in [7, 11) is 0.